The second kappa shape index (κ2) is 5.13. The third-order valence-corrected chi connectivity index (χ3v) is 6.38. The van der Waals surface area contributed by atoms with Crippen molar-refractivity contribution in [1.82, 2.24) is 0 Å². The Kier molecular flexibility index (Phi) is 3.34. The lowest BCUT2D eigenvalue weighted by Gasteiger charge is -2.28. The highest BCUT2D eigenvalue weighted by atomic mass is 16.8. The molecule has 3 N–H and O–H groups in total. The molecule has 1 aromatic carbocycles. The Hall–Kier alpha value is -2.81. The van der Waals surface area contributed by atoms with E-state index in [-0.39, 0.29) is 11.9 Å². The lowest BCUT2D eigenvalue weighted by molar-refractivity contribution is -0.679. The molecular weight excluding hydrogens is 348 g/mol. The molecule has 3 aliphatic rings. The van der Waals surface area contributed by atoms with E-state index < -0.39 is 22.2 Å². The highest BCUT2D eigenvalue weighted by Crippen LogP contribution is 2.82. The predicted molar refractivity (Wildman–Crippen MR) is 92.4 cm³/mol. The highest BCUT2D eigenvalue weighted by Gasteiger charge is 3.03. The first-order chi connectivity index (χ1) is 12.8. The highest BCUT2D eigenvalue weighted by molar-refractivity contribution is 5.97. The fraction of sp³-hybridized carbons (Fsp3) is 0.526. The van der Waals surface area contributed by atoms with E-state index in [2.05, 4.69) is 17.1 Å². The molecule has 5 atom stereocenters. The van der Waals surface area contributed by atoms with Crippen molar-refractivity contribution in [3.05, 3.63) is 23.8 Å². The molecule has 27 heavy (non-hydrogen) atoms. The summed E-state index contributed by atoms with van der Waals surface area (Å²) >= 11 is 0. The van der Waals surface area contributed by atoms with Crippen LogP contribution in [0.2, 0.25) is 0 Å². The molecular formula is C19H21N4O4+. The molecule has 4 rings (SSSR count). The van der Waals surface area contributed by atoms with Gasteiger partial charge in [-0.15, -0.1) is 0 Å². The number of nitrogens with two attached hydrogens (primary N) is 1. The van der Waals surface area contributed by atoms with Gasteiger partial charge < -0.3 is 18.9 Å². The number of ether oxygens (including phenoxy) is 4. The van der Waals surface area contributed by atoms with Crippen molar-refractivity contribution in [3.63, 3.8) is 0 Å². The summed E-state index contributed by atoms with van der Waals surface area (Å²) in [5.41, 5.74) is 3.37. The zero-order chi connectivity index (χ0) is 19.7. The largest absolute Gasteiger partial charge is 0.493 e. The quantitative estimate of drug-likeness (QED) is 0.738. The second-order valence-corrected chi connectivity index (χ2v) is 7.31. The molecule has 0 aromatic heterocycles. The van der Waals surface area contributed by atoms with Crippen LogP contribution in [0, 0.1) is 33.5 Å². The number of hydrogen-bond acceptors (Lipinski definition) is 7. The molecule has 140 valence electrons. The standard InChI is InChI=1S/C19H20N4O4/c1-11-8-26-19(27-11)18(10-21)16(2,17(18,9-20)15(22)23-19)12-5-6-13(24-3)14(7-12)25-4/h5-7,11H,8H2,1-4H3,(H2,22,23)/p+1/t11-,16+,17+,18-,19-/m1/s1. The van der Waals surface area contributed by atoms with Crippen molar-refractivity contribution in [2.24, 2.45) is 16.6 Å². The monoisotopic (exact) mass is 369 g/mol. The molecule has 2 fully saturated rings. The van der Waals surface area contributed by atoms with Gasteiger partial charge in [0.15, 0.2) is 22.3 Å². The number of nitriles is 2. The third kappa shape index (κ3) is 1.54. The minimum Gasteiger partial charge on any atom is -0.493 e. The van der Waals surface area contributed by atoms with Gasteiger partial charge in [0.2, 0.25) is 0 Å². The van der Waals surface area contributed by atoms with Crippen LogP contribution in [-0.4, -0.2) is 38.7 Å². The van der Waals surface area contributed by atoms with Gasteiger partial charge in [-0.1, -0.05) is 13.0 Å². The van der Waals surface area contributed by atoms with Crippen molar-refractivity contribution in [2.45, 2.75) is 31.3 Å². The molecule has 1 saturated heterocycles. The Bertz CT molecular complexity index is 950. The zero-order valence-electron chi connectivity index (χ0n) is 15.6. The molecule has 2 aliphatic heterocycles. The first-order valence-electron chi connectivity index (χ1n) is 8.62. The number of methoxy groups -OCH3 is 2. The van der Waals surface area contributed by atoms with E-state index in [4.69, 9.17) is 24.7 Å². The third-order valence-electron chi connectivity index (χ3n) is 6.38. The predicted octanol–water partition coefficient (Wildman–Crippen LogP) is -0.464. The number of nitrogens with zero attached hydrogens (tertiary/aromatic N) is 2. The van der Waals surface area contributed by atoms with Crippen LogP contribution in [0.3, 0.4) is 0 Å². The van der Waals surface area contributed by atoms with E-state index in [9.17, 15) is 10.5 Å². The van der Waals surface area contributed by atoms with Gasteiger partial charge in [-0.25, -0.2) is 4.99 Å². The van der Waals surface area contributed by atoms with Crippen LogP contribution in [0.1, 0.15) is 19.4 Å². The Labute approximate surface area is 157 Å². The Balaban J connectivity index is 1.96. The Morgan fingerprint density at radius 3 is 2.44 bits per heavy atom. The summed E-state index contributed by atoms with van der Waals surface area (Å²) < 4.78 is 22.6. The van der Waals surface area contributed by atoms with Gasteiger partial charge in [-0.05, 0) is 24.6 Å². The maximum atomic E-state index is 10.3. The average Bonchev–Trinajstić information content (AvgIpc) is 2.85. The fourth-order valence-corrected chi connectivity index (χ4v) is 5.08. The number of hydrogen-bond donors (Lipinski definition) is 2. The molecule has 1 aromatic rings. The van der Waals surface area contributed by atoms with Crippen molar-refractivity contribution in [1.29, 1.82) is 10.5 Å². The molecule has 8 heteroatoms. The van der Waals surface area contributed by atoms with Gasteiger partial charge in [-0.2, -0.15) is 10.5 Å². The first kappa shape index (κ1) is 17.6. The molecule has 2 heterocycles. The summed E-state index contributed by atoms with van der Waals surface area (Å²) in [5, 5.41) is 20.4. The van der Waals surface area contributed by atoms with Crippen LogP contribution >= 0.6 is 0 Å². The summed E-state index contributed by atoms with van der Waals surface area (Å²) in [5.74, 6) is -0.231. The molecule has 1 spiro atoms. The van der Waals surface area contributed by atoms with Crippen molar-refractivity contribution in [3.8, 4) is 23.6 Å². The SMILES string of the molecule is COc1ccc([C@@]2(C)[C@]3(C#N)C(N)=[NH+][C@@]4(OC[C@@H](C)O4)[C@@]32C#N)cc1OC. The van der Waals surface area contributed by atoms with Crippen molar-refractivity contribution in [2.75, 3.05) is 20.8 Å². The number of fused-ring (bicyclic) bond motifs is 2. The van der Waals surface area contributed by atoms with Gasteiger partial charge in [0.05, 0.1) is 44.5 Å². The van der Waals surface area contributed by atoms with E-state index in [1.807, 2.05) is 19.9 Å². The zero-order valence-corrected chi connectivity index (χ0v) is 15.6. The van der Waals surface area contributed by atoms with Gasteiger partial charge in [0, 0.05) is 0 Å². The lowest BCUT2D eigenvalue weighted by Crippen LogP contribution is -2.90. The topological polar surface area (TPSA) is 124 Å². The van der Waals surface area contributed by atoms with E-state index >= 15 is 0 Å². The summed E-state index contributed by atoms with van der Waals surface area (Å²) in [4.78, 5) is 2.97. The number of nitrogens with one attached hydrogen (secondary N) is 1. The van der Waals surface area contributed by atoms with Gasteiger partial charge >= 0.3 is 5.91 Å². The van der Waals surface area contributed by atoms with Crippen molar-refractivity contribution >= 4 is 5.84 Å². The molecule has 0 radical (unpaired) electrons. The smallest absolute Gasteiger partial charge is 0.344 e. The van der Waals surface area contributed by atoms with E-state index in [0.29, 0.717) is 18.1 Å². The van der Waals surface area contributed by atoms with Crippen LogP contribution in [-0.2, 0) is 14.9 Å². The van der Waals surface area contributed by atoms with Crippen LogP contribution in [0.25, 0.3) is 0 Å². The second-order valence-electron chi connectivity index (χ2n) is 7.31. The maximum absolute atomic E-state index is 10.3. The molecule has 0 unspecified atom stereocenters. The summed E-state index contributed by atoms with van der Waals surface area (Å²) in [6.45, 7) is 3.99. The van der Waals surface area contributed by atoms with E-state index in [1.165, 1.54) is 7.11 Å². The Morgan fingerprint density at radius 1 is 1.22 bits per heavy atom. The summed E-state index contributed by atoms with van der Waals surface area (Å²) in [7, 11) is 3.08. The average molecular weight is 369 g/mol. The number of benzene rings is 1. The van der Waals surface area contributed by atoms with Gasteiger partial charge in [-0.3, -0.25) is 5.73 Å². The molecule has 0 bridgehead atoms. The van der Waals surface area contributed by atoms with Gasteiger partial charge in [0.25, 0.3) is 5.84 Å². The summed E-state index contributed by atoms with van der Waals surface area (Å²) in [6, 6.07) is 9.97. The van der Waals surface area contributed by atoms with Crippen LogP contribution in [0.4, 0.5) is 0 Å². The minimum absolute atomic E-state index is 0.179. The Morgan fingerprint density at radius 2 is 1.93 bits per heavy atom. The van der Waals surface area contributed by atoms with Crippen LogP contribution in [0.15, 0.2) is 18.2 Å². The lowest BCUT2D eigenvalue weighted by atomic mass is 9.84. The molecule has 1 saturated carbocycles. The number of rotatable bonds is 3. The number of amidine groups is 1. The first-order valence-corrected chi connectivity index (χ1v) is 8.62. The molecule has 1 aliphatic carbocycles. The molecule has 0 amide bonds. The maximum Gasteiger partial charge on any atom is 0.344 e. The van der Waals surface area contributed by atoms with E-state index in [0.717, 1.165) is 5.56 Å². The van der Waals surface area contributed by atoms with Crippen LogP contribution in [0.5, 0.6) is 11.5 Å². The van der Waals surface area contributed by atoms with Gasteiger partial charge in [0.1, 0.15) is 0 Å². The summed E-state index contributed by atoms with van der Waals surface area (Å²) in [6.07, 6.45) is -0.236. The minimum atomic E-state index is -1.47. The van der Waals surface area contributed by atoms with E-state index in [1.54, 1.807) is 19.2 Å². The fourth-order valence-electron chi connectivity index (χ4n) is 5.08. The normalized spacial score (nSPS) is 41.4. The van der Waals surface area contributed by atoms with Crippen molar-refractivity contribution < 1.29 is 23.9 Å². The molecule has 8 nitrogen and oxygen atoms in total. The van der Waals surface area contributed by atoms with Crippen LogP contribution < -0.4 is 20.2 Å².